The molecule has 0 aromatic heterocycles. The largest absolute Gasteiger partial charge is 0.481 e. The number of hydrogen-bond acceptors (Lipinski definition) is 5. The first-order valence-electron chi connectivity index (χ1n) is 12.0. The monoisotopic (exact) mass is 604 g/mol. The van der Waals surface area contributed by atoms with Gasteiger partial charge in [-0.05, 0) is 36.2 Å². The van der Waals surface area contributed by atoms with Gasteiger partial charge in [0.1, 0.15) is 6.04 Å². The number of carbonyl (C=O) groups is 3. The molecule has 2 N–H and O–H groups in total. The van der Waals surface area contributed by atoms with Crippen LogP contribution in [-0.2, 0) is 14.4 Å². The number of likely N-dealkylation sites (tertiary alicyclic amines) is 1. The summed E-state index contributed by atoms with van der Waals surface area (Å²) in [5.41, 5.74) is 1.26. The van der Waals surface area contributed by atoms with Gasteiger partial charge in [0.2, 0.25) is 5.91 Å². The number of alkyl halides is 1. The summed E-state index contributed by atoms with van der Waals surface area (Å²) < 4.78 is -0.954. The minimum absolute atomic E-state index is 0.161. The molecule has 0 aliphatic carbocycles. The SMILES string of the molecule is C=CCN(C(=O)C1N([C@H](CO)c2ccccc2)C(=O)[C@@H]2[C@H](C(=O)O)[C@H]3SC12CC3Br)c1ccc(Cl)cc1. The fraction of sp³-hybridized carbons (Fsp3) is 0.370. The first kappa shape index (κ1) is 26.3. The van der Waals surface area contributed by atoms with E-state index in [-0.39, 0.29) is 22.5 Å². The van der Waals surface area contributed by atoms with Gasteiger partial charge >= 0.3 is 5.97 Å². The van der Waals surface area contributed by atoms with E-state index in [9.17, 15) is 24.6 Å². The van der Waals surface area contributed by atoms with Crippen LogP contribution in [0.4, 0.5) is 5.69 Å². The van der Waals surface area contributed by atoms with Gasteiger partial charge < -0.3 is 20.0 Å². The Balaban J connectivity index is 1.67. The average Bonchev–Trinajstić information content (AvgIpc) is 3.48. The molecule has 0 saturated carbocycles. The van der Waals surface area contributed by atoms with Crippen molar-refractivity contribution in [1.29, 1.82) is 0 Å². The van der Waals surface area contributed by atoms with Gasteiger partial charge in [0.05, 0.1) is 29.2 Å². The smallest absolute Gasteiger partial charge is 0.308 e. The molecule has 3 unspecified atom stereocenters. The number of carbonyl (C=O) groups excluding carboxylic acids is 2. The first-order valence-corrected chi connectivity index (χ1v) is 14.1. The highest BCUT2D eigenvalue weighted by Gasteiger charge is 2.76. The topological polar surface area (TPSA) is 98.2 Å². The van der Waals surface area contributed by atoms with Crippen molar-refractivity contribution in [3.8, 4) is 0 Å². The zero-order valence-corrected chi connectivity index (χ0v) is 22.9. The van der Waals surface area contributed by atoms with Crippen LogP contribution >= 0.6 is 39.3 Å². The summed E-state index contributed by atoms with van der Waals surface area (Å²) in [5.74, 6) is -3.61. The van der Waals surface area contributed by atoms with E-state index in [1.165, 1.54) is 16.7 Å². The number of aliphatic hydroxyl groups excluding tert-OH is 1. The van der Waals surface area contributed by atoms with Crippen LogP contribution < -0.4 is 4.90 Å². The van der Waals surface area contributed by atoms with Gasteiger partial charge in [-0.25, -0.2) is 0 Å². The van der Waals surface area contributed by atoms with Crippen LogP contribution in [0.2, 0.25) is 5.02 Å². The van der Waals surface area contributed by atoms with E-state index in [1.807, 2.05) is 6.07 Å². The molecule has 37 heavy (non-hydrogen) atoms. The number of benzene rings is 2. The molecular formula is C27H26BrClN2O5S. The number of carboxylic acid groups (broad SMARTS) is 1. The predicted molar refractivity (Wildman–Crippen MR) is 147 cm³/mol. The Kier molecular flexibility index (Phi) is 7.17. The lowest BCUT2D eigenvalue weighted by atomic mass is 9.71. The lowest BCUT2D eigenvalue weighted by Crippen LogP contribution is -2.56. The van der Waals surface area contributed by atoms with Crippen LogP contribution in [0.15, 0.2) is 67.3 Å². The molecule has 3 saturated heterocycles. The Bertz CT molecular complexity index is 1230. The summed E-state index contributed by atoms with van der Waals surface area (Å²) in [6.45, 7) is 3.59. The summed E-state index contributed by atoms with van der Waals surface area (Å²) in [7, 11) is 0. The molecule has 5 rings (SSSR count). The fourth-order valence-corrected chi connectivity index (χ4v) is 9.93. The lowest BCUT2D eigenvalue weighted by molar-refractivity contribution is -0.149. The van der Waals surface area contributed by atoms with Gasteiger partial charge in [-0.15, -0.1) is 18.3 Å². The molecule has 2 aromatic rings. The predicted octanol–water partition coefficient (Wildman–Crippen LogP) is 4.14. The maximum Gasteiger partial charge on any atom is 0.308 e. The second-order valence-corrected chi connectivity index (χ2v) is 12.7. The highest BCUT2D eigenvalue weighted by atomic mass is 79.9. The van der Waals surface area contributed by atoms with Gasteiger partial charge in [0.15, 0.2) is 0 Å². The van der Waals surface area contributed by atoms with E-state index < -0.39 is 47.1 Å². The number of hydrogen-bond donors (Lipinski definition) is 2. The van der Waals surface area contributed by atoms with E-state index in [0.717, 1.165) is 0 Å². The molecule has 2 amide bonds. The molecule has 2 aromatic carbocycles. The summed E-state index contributed by atoms with van der Waals surface area (Å²) in [4.78, 5) is 44.0. The highest BCUT2D eigenvalue weighted by Crippen LogP contribution is 2.68. The summed E-state index contributed by atoms with van der Waals surface area (Å²) >= 11 is 11.2. The van der Waals surface area contributed by atoms with Gasteiger partial charge in [0, 0.05) is 27.3 Å². The van der Waals surface area contributed by atoms with Crippen LogP contribution in [0.1, 0.15) is 18.0 Å². The molecule has 0 radical (unpaired) electrons. The van der Waals surface area contributed by atoms with Crippen molar-refractivity contribution in [3.63, 3.8) is 0 Å². The number of aliphatic hydroxyl groups is 1. The second-order valence-electron chi connectivity index (χ2n) is 9.57. The molecule has 7 nitrogen and oxygen atoms in total. The molecule has 3 aliphatic rings. The Morgan fingerprint density at radius 2 is 1.92 bits per heavy atom. The van der Waals surface area contributed by atoms with Gasteiger partial charge in [-0.2, -0.15) is 0 Å². The maximum absolute atomic E-state index is 14.5. The summed E-state index contributed by atoms with van der Waals surface area (Å²) in [6, 6.07) is 14.1. The number of rotatable bonds is 8. The number of thioether (sulfide) groups is 1. The van der Waals surface area contributed by atoms with Crippen molar-refractivity contribution in [2.24, 2.45) is 11.8 Å². The molecular weight excluding hydrogens is 580 g/mol. The number of anilines is 1. The standard InChI is InChI=1S/C27H26BrClN2O5S/c1-2-12-30(17-10-8-16(29)9-11-17)25(34)23-27-13-18(28)22(37-27)20(26(35)36)21(27)24(33)31(23)19(14-32)15-6-4-3-5-7-15/h2-11,18-23,32H,1,12-14H2,(H,35,36)/t18?,19-,20+,21+,22+,23?,27?/m1/s1. The van der Waals surface area contributed by atoms with E-state index in [1.54, 1.807) is 59.5 Å². The first-order chi connectivity index (χ1) is 17.7. The highest BCUT2D eigenvalue weighted by molar-refractivity contribution is 9.09. The fourth-order valence-electron chi connectivity index (χ4n) is 6.21. The van der Waals surface area contributed by atoms with E-state index in [2.05, 4.69) is 22.5 Å². The Morgan fingerprint density at radius 1 is 1.24 bits per heavy atom. The molecule has 3 fully saturated rings. The Morgan fingerprint density at radius 3 is 2.51 bits per heavy atom. The van der Waals surface area contributed by atoms with Gasteiger partial charge in [0.25, 0.3) is 5.91 Å². The minimum atomic E-state index is -1.05. The molecule has 10 heteroatoms. The van der Waals surface area contributed by atoms with Crippen LogP contribution in [0.25, 0.3) is 0 Å². The number of carboxylic acids is 1. The zero-order chi connectivity index (χ0) is 26.5. The number of fused-ring (bicyclic) bond motifs is 1. The molecule has 194 valence electrons. The van der Waals surface area contributed by atoms with Crippen molar-refractivity contribution in [3.05, 3.63) is 77.8 Å². The Hall–Kier alpha value is -2.33. The second kappa shape index (κ2) is 10.1. The van der Waals surface area contributed by atoms with Crippen LogP contribution in [0.3, 0.4) is 0 Å². The average molecular weight is 606 g/mol. The zero-order valence-electron chi connectivity index (χ0n) is 19.7. The summed E-state index contributed by atoms with van der Waals surface area (Å²) in [5, 5.41) is 20.9. The third kappa shape index (κ3) is 4.11. The van der Waals surface area contributed by atoms with Crippen LogP contribution in [-0.4, -0.2) is 66.9 Å². The molecule has 1 spiro atoms. The number of aliphatic carboxylic acids is 1. The minimum Gasteiger partial charge on any atom is -0.481 e. The molecule has 3 aliphatic heterocycles. The van der Waals surface area contributed by atoms with Crippen molar-refractivity contribution in [2.45, 2.75) is 33.3 Å². The van der Waals surface area contributed by atoms with Crippen molar-refractivity contribution >= 4 is 62.8 Å². The molecule has 3 heterocycles. The van der Waals surface area contributed by atoms with Crippen molar-refractivity contribution in [2.75, 3.05) is 18.1 Å². The molecule has 7 atom stereocenters. The third-order valence-corrected chi connectivity index (χ3v) is 11.1. The maximum atomic E-state index is 14.5. The number of halogens is 2. The van der Waals surface area contributed by atoms with Crippen molar-refractivity contribution < 1.29 is 24.6 Å². The van der Waals surface area contributed by atoms with Crippen LogP contribution in [0.5, 0.6) is 0 Å². The Labute approximate surface area is 232 Å². The van der Waals surface area contributed by atoms with Gasteiger partial charge in [-0.1, -0.05) is 63.9 Å². The normalized spacial score (nSPS) is 30.7. The van der Waals surface area contributed by atoms with Crippen LogP contribution in [0, 0.1) is 11.8 Å². The lowest BCUT2D eigenvalue weighted by Gasteiger charge is -2.40. The van der Waals surface area contributed by atoms with Crippen molar-refractivity contribution in [1.82, 2.24) is 4.90 Å². The van der Waals surface area contributed by atoms with Gasteiger partial charge in [-0.3, -0.25) is 14.4 Å². The third-order valence-electron chi connectivity index (χ3n) is 7.66. The van der Waals surface area contributed by atoms with E-state index in [4.69, 9.17) is 11.6 Å². The van der Waals surface area contributed by atoms with E-state index >= 15 is 0 Å². The summed E-state index contributed by atoms with van der Waals surface area (Å²) in [6.07, 6.45) is 2.07. The number of amides is 2. The molecule has 2 bridgehead atoms. The number of nitrogens with zero attached hydrogens (tertiary/aromatic N) is 2. The van der Waals surface area contributed by atoms with E-state index in [0.29, 0.717) is 22.7 Å². The quantitative estimate of drug-likeness (QED) is 0.347.